The molecule has 6 nitrogen and oxygen atoms in total. The minimum Gasteiger partial charge on any atom is -0.360 e. The van der Waals surface area contributed by atoms with E-state index in [1.54, 1.807) is 46.2 Å². The molecule has 0 atom stereocenters. The molecule has 10 heteroatoms. The van der Waals surface area contributed by atoms with E-state index in [0.29, 0.717) is 0 Å². The van der Waals surface area contributed by atoms with E-state index in [-0.39, 0.29) is 0 Å². The summed E-state index contributed by atoms with van der Waals surface area (Å²) in [5.74, 6) is 2.10. The average molecular weight is 363 g/mol. The fourth-order valence-corrected chi connectivity index (χ4v) is 5.20. The normalized spacial score (nSPS) is 10.8. The maximum Gasteiger partial charge on any atom is 0.206 e. The van der Waals surface area contributed by atoms with Crippen molar-refractivity contribution in [1.82, 2.24) is 20.4 Å². The third-order valence-corrected chi connectivity index (χ3v) is 6.41. The highest BCUT2D eigenvalue weighted by Crippen LogP contribution is 2.28. The Morgan fingerprint density at radius 1 is 0.810 bits per heavy atom. The monoisotopic (exact) mass is 362 g/mol. The standard InChI is InChI=1S/C11H18N6S4/c1-3-12-8-14-16-10(20-8)18-6-5-7-19-11-17-15-9(21-11)13-4-2/h3-7H2,1-2H3,(H,12,14)(H,13,15). The highest BCUT2D eigenvalue weighted by Gasteiger charge is 2.05. The summed E-state index contributed by atoms with van der Waals surface area (Å²) in [6.45, 7) is 5.88. The maximum absolute atomic E-state index is 4.15. The van der Waals surface area contributed by atoms with Gasteiger partial charge >= 0.3 is 0 Å². The minimum absolute atomic E-state index is 0.882. The molecular formula is C11H18N6S4. The van der Waals surface area contributed by atoms with Crippen molar-refractivity contribution in [3.63, 3.8) is 0 Å². The molecule has 0 spiro atoms. The molecule has 2 heterocycles. The third-order valence-electron chi connectivity index (χ3n) is 2.21. The molecule has 2 N–H and O–H groups in total. The first-order chi connectivity index (χ1) is 10.3. The van der Waals surface area contributed by atoms with Crippen LogP contribution in [0.1, 0.15) is 20.3 Å². The fourth-order valence-electron chi connectivity index (χ4n) is 1.36. The van der Waals surface area contributed by atoms with Gasteiger partial charge in [0.05, 0.1) is 0 Å². The molecule has 21 heavy (non-hydrogen) atoms. The molecule has 0 saturated heterocycles. The first kappa shape index (κ1) is 16.8. The van der Waals surface area contributed by atoms with E-state index in [4.69, 9.17) is 0 Å². The Morgan fingerprint density at radius 3 is 1.71 bits per heavy atom. The third kappa shape index (κ3) is 5.97. The number of anilines is 2. The number of hydrogen-bond acceptors (Lipinski definition) is 10. The summed E-state index contributed by atoms with van der Waals surface area (Å²) in [6.07, 6.45) is 1.11. The second kappa shape index (κ2) is 9.44. The van der Waals surface area contributed by atoms with Crippen LogP contribution in [0.15, 0.2) is 8.68 Å². The number of nitrogens with zero attached hydrogens (tertiary/aromatic N) is 4. The van der Waals surface area contributed by atoms with Crippen molar-refractivity contribution < 1.29 is 0 Å². The van der Waals surface area contributed by atoms with Crippen molar-refractivity contribution in [1.29, 1.82) is 0 Å². The summed E-state index contributed by atoms with van der Waals surface area (Å²) < 4.78 is 2.06. The van der Waals surface area contributed by atoms with Crippen LogP contribution in [0.5, 0.6) is 0 Å². The summed E-state index contributed by atoms with van der Waals surface area (Å²) in [5.41, 5.74) is 0. The van der Waals surface area contributed by atoms with E-state index in [9.17, 15) is 0 Å². The Morgan fingerprint density at radius 2 is 1.29 bits per heavy atom. The van der Waals surface area contributed by atoms with E-state index in [0.717, 1.165) is 50.0 Å². The number of nitrogens with one attached hydrogen (secondary N) is 2. The Kier molecular flexibility index (Phi) is 7.54. The SMILES string of the molecule is CCNc1nnc(SCCCSc2nnc(NCC)s2)s1. The molecule has 0 saturated carbocycles. The topological polar surface area (TPSA) is 75.6 Å². The van der Waals surface area contributed by atoms with Crippen molar-refractivity contribution in [2.75, 3.05) is 35.2 Å². The van der Waals surface area contributed by atoms with Gasteiger partial charge in [0.1, 0.15) is 0 Å². The van der Waals surface area contributed by atoms with Crippen LogP contribution in [-0.4, -0.2) is 45.0 Å². The van der Waals surface area contributed by atoms with Crippen LogP contribution in [0.2, 0.25) is 0 Å². The van der Waals surface area contributed by atoms with Gasteiger partial charge in [-0.1, -0.05) is 46.2 Å². The lowest BCUT2D eigenvalue weighted by Gasteiger charge is -1.96. The first-order valence-electron chi connectivity index (χ1n) is 6.72. The quantitative estimate of drug-likeness (QED) is 0.491. The van der Waals surface area contributed by atoms with Crippen molar-refractivity contribution in [2.24, 2.45) is 0 Å². The molecule has 2 aromatic rings. The molecule has 0 radical (unpaired) electrons. The number of hydrogen-bond donors (Lipinski definition) is 2. The number of thioether (sulfide) groups is 2. The van der Waals surface area contributed by atoms with Gasteiger partial charge in [-0.25, -0.2) is 0 Å². The fraction of sp³-hybridized carbons (Fsp3) is 0.636. The van der Waals surface area contributed by atoms with E-state index in [1.165, 1.54) is 0 Å². The molecule has 0 fully saturated rings. The zero-order valence-corrected chi connectivity index (χ0v) is 15.2. The molecule has 0 aliphatic rings. The zero-order valence-electron chi connectivity index (χ0n) is 12.0. The van der Waals surface area contributed by atoms with Gasteiger partial charge in [0.25, 0.3) is 0 Å². The first-order valence-corrected chi connectivity index (χ1v) is 10.3. The van der Waals surface area contributed by atoms with Gasteiger partial charge in [-0.15, -0.1) is 20.4 Å². The van der Waals surface area contributed by atoms with Crippen LogP contribution in [-0.2, 0) is 0 Å². The Labute approximate surface area is 140 Å². The van der Waals surface area contributed by atoms with Gasteiger partial charge in [0.2, 0.25) is 10.3 Å². The maximum atomic E-state index is 4.15. The van der Waals surface area contributed by atoms with Gasteiger partial charge < -0.3 is 10.6 Å². The highest BCUT2D eigenvalue weighted by atomic mass is 32.2. The molecule has 0 aliphatic carbocycles. The average Bonchev–Trinajstić information content (AvgIpc) is 3.09. The highest BCUT2D eigenvalue weighted by molar-refractivity contribution is 8.01. The summed E-state index contributed by atoms with van der Waals surface area (Å²) in [7, 11) is 0. The van der Waals surface area contributed by atoms with Gasteiger partial charge in [-0.05, 0) is 20.3 Å². The largest absolute Gasteiger partial charge is 0.360 e. The molecule has 116 valence electrons. The molecule has 2 aromatic heterocycles. The number of rotatable bonds is 10. The second-order valence-electron chi connectivity index (χ2n) is 3.86. The van der Waals surface area contributed by atoms with Crippen LogP contribution in [0, 0.1) is 0 Å². The van der Waals surface area contributed by atoms with E-state index >= 15 is 0 Å². The van der Waals surface area contributed by atoms with Gasteiger partial charge in [-0.2, -0.15) is 0 Å². The molecule has 2 rings (SSSR count). The van der Waals surface area contributed by atoms with Crippen LogP contribution in [0.4, 0.5) is 10.3 Å². The second-order valence-corrected chi connectivity index (χ2v) is 8.50. The summed E-state index contributed by atoms with van der Waals surface area (Å²) in [5, 5.41) is 24.6. The minimum atomic E-state index is 0.882. The van der Waals surface area contributed by atoms with Gasteiger partial charge in [-0.3, -0.25) is 0 Å². The van der Waals surface area contributed by atoms with Gasteiger partial charge in [0, 0.05) is 24.6 Å². The predicted molar refractivity (Wildman–Crippen MR) is 94.2 cm³/mol. The lowest BCUT2D eigenvalue weighted by atomic mass is 10.6. The smallest absolute Gasteiger partial charge is 0.206 e. The van der Waals surface area contributed by atoms with E-state index in [2.05, 4.69) is 44.9 Å². The summed E-state index contributed by atoms with van der Waals surface area (Å²) in [4.78, 5) is 0. The van der Waals surface area contributed by atoms with Crippen LogP contribution in [0.25, 0.3) is 0 Å². The molecule has 0 bridgehead atoms. The Bertz CT molecular complexity index is 482. The molecule has 0 aromatic carbocycles. The molecular weight excluding hydrogens is 344 g/mol. The number of aromatic nitrogens is 4. The molecule has 0 amide bonds. The lowest BCUT2D eigenvalue weighted by molar-refractivity contribution is 0.994. The van der Waals surface area contributed by atoms with Crippen molar-refractivity contribution in [3.05, 3.63) is 0 Å². The summed E-state index contributed by atoms with van der Waals surface area (Å²) >= 11 is 6.75. The Hall–Kier alpha value is -0.580. The van der Waals surface area contributed by atoms with Crippen molar-refractivity contribution >= 4 is 56.5 Å². The van der Waals surface area contributed by atoms with Crippen LogP contribution < -0.4 is 10.6 Å². The lowest BCUT2D eigenvalue weighted by Crippen LogP contribution is -1.94. The van der Waals surface area contributed by atoms with Crippen molar-refractivity contribution in [2.45, 2.75) is 28.9 Å². The summed E-state index contributed by atoms with van der Waals surface area (Å²) in [6, 6.07) is 0. The van der Waals surface area contributed by atoms with E-state index < -0.39 is 0 Å². The Balaban J connectivity index is 1.60. The van der Waals surface area contributed by atoms with Crippen molar-refractivity contribution in [3.8, 4) is 0 Å². The predicted octanol–water partition coefficient (Wildman–Crippen LogP) is 3.53. The van der Waals surface area contributed by atoms with E-state index in [1.807, 2.05) is 0 Å². The van der Waals surface area contributed by atoms with Crippen LogP contribution in [0.3, 0.4) is 0 Å². The van der Waals surface area contributed by atoms with Crippen LogP contribution >= 0.6 is 46.2 Å². The molecule has 0 aliphatic heterocycles. The zero-order chi connectivity index (χ0) is 14.9. The van der Waals surface area contributed by atoms with Gasteiger partial charge in [0.15, 0.2) is 8.68 Å². The molecule has 0 unspecified atom stereocenters.